The molecule has 0 unspecified atom stereocenters. The van der Waals surface area contributed by atoms with Crippen molar-refractivity contribution in [2.45, 2.75) is 69.6 Å². The second kappa shape index (κ2) is 6.38. The number of nitrogens with zero attached hydrogens (tertiary/aromatic N) is 3. The van der Waals surface area contributed by atoms with Gasteiger partial charge in [-0.25, -0.2) is 12.7 Å². The summed E-state index contributed by atoms with van der Waals surface area (Å²) >= 11 is 0. The third kappa shape index (κ3) is 2.88. The van der Waals surface area contributed by atoms with Gasteiger partial charge in [-0.2, -0.15) is 5.11 Å². The van der Waals surface area contributed by atoms with Gasteiger partial charge in [0.05, 0.1) is 11.8 Å². The highest BCUT2D eigenvalue weighted by Gasteiger charge is 2.53. The van der Waals surface area contributed by atoms with Crippen molar-refractivity contribution < 1.29 is 13.2 Å². The topological polar surface area (TPSA) is 103 Å². The fraction of sp³-hybridized carbons (Fsp3) is 0.750. The average molecular weight is 420 g/mol. The van der Waals surface area contributed by atoms with Crippen molar-refractivity contribution in [2.75, 3.05) is 19.6 Å². The number of hydrogen-bond acceptors (Lipinski definition) is 6. The molecule has 4 heterocycles. The Morgan fingerprint density at radius 1 is 1.14 bits per heavy atom. The minimum atomic E-state index is -3.26. The van der Waals surface area contributed by atoms with Crippen molar-refractivity contribution in [2.24, 2.45) is 15.6 Å². The highest BCUT2D eigenvalue weighted by atomic mass is 32.2. The monoisotopic (exact) mass is 419 g/mol. The van der Waals surface area contributed by atoms with E-state index in [0.717, 1.165) is 48.3 Å². The summed E-state index contributed by atoms with van der Waals surface area (Å²) < 4.78 is 27.9. The molecule has 1 saturated carbocycles. The van der Waals surface area contributed by atoms with Crippen molar-refractivity contribution in [3.8, 4) is 0 Å². The van der Waals surface area contributed by atoms with Crippen LogP contribution in [0.3, 0.4) is 0 Å². The van der Waals surface area contributed by atoms with E-state index in [-0.39, 0.29) is 16.7 Å². The number of hydrogen-bond donors (Lipinski definition) is 2. The van der Waals surface area contributed by atoms with Crippen LogP contribution in [0.1, 0.15) is 58.8 Å². The first kappa shape index (κ1) is 19.2. The van der Waals surface area contributed by atoms with Gasteiger partial charge in [-0.1, -0.05) is 12.8 Å². The Morgan fingerprint density at radius 2 is 1.83 bits per heavy atom. The van der Waals surface area contributed by atoms with E-state index < -0.39 is 15.4 Å². The summed E-state index contributed by atoms with van der Waals surface area (Å²) in [5.41, 5.74) is 1.95. The summed E-state index contributed by atoms with van der Waals surface area (Å²) in [4.78, 5) is 13.2. The van der Waals surface area contributed by atoms with Crippen LogP contribution >= 0.6 is 0 Å². The lowest BCUT2D eigenvalue weighted by atomic mass is 9.63. The number of dihydropyridines is 1. The van der Waals surface area contributed by atoms with E-state index in [9.17, 15) is 13.2 Å². The van der Waals surface area contributed by atoms with E-state index in [4.69, 9.17) is 0 Å². The van der Waals surface area contributed by atoms with E-state index in [0.29, 0.717) is 38.9 Å². The summed E-state index contributed by atoms with van der Waals surface area (Å²) in [6.45, 7) is 5.40. The maximum atomic E-state index is 13.2. The highest BCUT2D eigenvalue weighted by molar-refractivity contribution is 7.89. The number of azo groups is 1. The minimum absolute atomic E-state index is 0.0469. The van der Waals surface area contributed by atoms with Crippen LogP contribution in [-0.2, 0) is 14.8 Å². The number of amides is 1. The van der Waals surface area contributed by atoms with Crippen LogP contribution in [0, 0.1) is 5.41 Å². The quantitative estimate of drug-likeness (QED) is 0.716. The molecule has 0 radical (unpaired) electrons. The zero-order valence-electron chi connectivity index (χ0n) is 17.1. The predicted octanol–water partition coefficient (Wildman–Crippen LogP) is 2.17. The van der Waals surface area contributed by atoms with Crippen molar-refractivity contribution in [1.29, 1.82) is 0 Å². The Hall–Kier alpha value is -1.74. The van der Waals surface area contributed by atoms with Crippen LogP contribution in [0.15, 0.2) is 32.9 Å². The van der Waals surface area contributed by atoms with Gasteiger partial charge < -0.3 is 10.6 Å². The molecule has 158 valence electrons. The molecule has 2 N–H and O–H groups in total. The highest BCUT2D eigenvalue weighted by Crippen LogP contribution is 2.53. The fourth-order valence-electron chi connectivity index (χ4n) is 5.85. The van der Waals surface area contributed by atoms with Crippen molar-refractivity contribution in [1.82, 2.24) is 14.9 Å². The van der Waals surface area contributed by atoms with Gasteiger partial charge in [0.2, 0.25) is 15.9 Å². The molecule has 0 aromatic rings. The molecular formula is C20H29N5O3S. The minimum Gasteiger partial charge on any atom is -0.347 e. The van der Waals surface area contributed by atoms with Crippen LogP contribution in [0.2, 0.25) is 0 Å². The standard InChI is InChI=1S/C20H29N5O3S/c1-19(2)11-15-16(18(26)23-19)20(14-12-21-24-17(14)22-15)7-9-25(10-8-20)29(27,28)13-5-3-4-6-13/h13,22H,3-12H2,1-2H3,(H,23,26). The molecule has 2 fully saturated rings. The van der Waals surface area contributed by atoms with Gasteiger partial charge in [0.15, 0.2) is 5.82 Å². The molecule has 0 aromatic heterocycles. The van der Waals surface area contributed by atoms with E-state index >= 15 is 0 Å². The lowest BCUT2D eigenvalue weighted by molar-refractivity contribution is -0.121. The number of nitrogens with one attached hydrogen (secondary N) is 2. The van der Waals surface area contributed by atoms with Crippen molar-refractivity contribution >= 4 is 15.9 Å². The molecular weight excluding hydrogens is 390 g/mol. The molecule has 8 nitrogen and oxygen atoms in total. The number of rotatable bonds is 2. The molecule has 0 bridgehead atoms. The van der Waals surface area contributed by atoms with Crippen molar-refractivity contribution in [3.63, 3.8) is 0 Å². The van der Waals surface area contributed by atoms with E-state index in [1.165, 1.54) is 0 Å². The van der Waals surface area contributed by atoms with Gasteiger partial charge in [0, 0.05) is 47.3 Å². The maximum Gasteiger partial charge on any atom is 0.250 e. The number of fused-ring (bicyclic) bond motifs is 2. The Kier molecular flexibility index (Phi) is 4.23. The summed E-state index contributed by atoms with van der Waals surface area (Å²) in [5.74, 6) is 0.718. The second-order valence-electron chi connectivity index (χ2n) is 9.65. The molecule has 1 aliphatic carbocycles. The molecule has 5 rings (SSSR count). The second-order valence-corrected chi connectivity index (χ2v) is 11.9. The van der Waals surface area contributed by atoms with E-state index in [2.05, 4.69) is 20.9 Å². The third-order valence-electron chi connectivity index (χ3n) is 7.27. The summed E-state index contributed by atoms with van der Waals surface area (Å²) in [6, 6.07) is 0. The lowest BCUT2D eigenvalue weighted by Gasteiger charge is -2.49. The van der Waals surface area contributed by atoms with E-state index in [1.807, 2.05) is 13.8 Å². The van der Waals surface area contributed by atoms with Gasteiger partial charge in [0.25, 0.3) is 0 Å². The molecule has 1 spiro atoms. The summed E-state index contributed by atoms with van der Waals surface area (Å²) in [5, 5.41) is 14.8. The van der Waals surface area contributed by atoms with Gasteiger partial charge >= 0.3 is 0 Å². The first-order chi connectivity index (χ1) is 13.7. The third-order valence-corrected chi connectivity index (χ3v) is 9.67. The molecule has 4 aliphatic heterocycles. The maximum absolute atomic E-state index is 13.2. The normalized spacial score (nSPS) is 29.1. The predicted molar refractivity (Wildman–Crippen MR) is 108 cm³/mol. The van der Waals surface area contributed by atoms with Crippen LogP contribution in [-0.4, -0.2) is 49.1 Å². The Morgan fingerprint density at radius 3 is 2.52 bits per heavy atom. The fourth-order valence-corrected chi connectivity index (χ4v) is 7.89. The van der Waals surface area contributed by atoms with Crippen molar-refractivity contribution in [3.05, 3.63) is 22.7 Å². The largest absolute Gasteiger partial charge is 0.347 e. The Bertz CT molecular complexity index is 949. The zero-order valence-corrected chi connectivity index (χ0v) is 17.9. The number of piperidine rings is 1. The van der Waals surface area contributed by atoms with Gasteiger partial charge in [-0.3, -0.25) is 4.79 Å². The van der Waals surface area contributed by atoms with E-state index in [1.54, 1.807) is 4.31 Å². The van der Waals surface area contributed by atoms with Crippen LogP contribution < -0.4 is 10.6 Å². The number of carbonyl (C=O) groups excluding carboxylic acids is 1. The molecule has 5 aliphatic rings. The summed E-state index contributed by atoms with van der Waals surface area (Å²) in [7, 11) is -3.26. The van der Waals surface area contributed by atoms with Gasteiger partial charge in [-0.05, 0) is 39.5 Å². The molecule has 1 saturated heterocycles. The Balaban J connectivity index is 1.48. The number of sulfonamides is 1. The molecule has 29 heavy (non-hydrogen) atoms. The first-order valence-electron chi connectivity index (χ1n) is 10.7. The van der Waals surface area contributed by atoms with Crippen LogP contribution in [0.5, 0.6) is 0 Å². The first-order valence-corrected chi connectivity index (χ1v) is 12.2. The lowest BCUT2D eigenvalue weighted by Crippen LogP contribution is -2.57. The Labute approximate surface area is 171 Å². The molecule has 1 amide bonds. The van der Waals surface area contributed by atoms with Crippen LogP contribution in [0.4, 0.5) is 0 Å². The SMILES string of the molecule is CC1(C)CC2=C(C(=O)N1)C1(CCN(S(=O)(=O)C3CCCC3)CC1)C1=C(N=NC1)N2. The molecule has 0 aromatic carbocycles. The van der Waals surface area contributed by atoms with Gasteiger partial charge in [0.1, 0.15) is 0 Å². The molecule has 0 atom stereocenters. The van der Waals surface area contributed by atoms with Crippen LogP contribution in [0.25, 0.3) is 0 Å². The average Bonchev–Trinajstić information content (AvgIpc) is 3.33. The zero-order chi connectivity index (χ0) is 20.4. The summed E-state index contributed by atoms with van der Waals surface area (Å²) in [6.07, 6.45) is 5.46. The smallest absolute Gasteiger partial charge is 0.250 e. The number of carbonyl (C=O) groups is 1. The molecule has 9 heteroatoms. The van der Waals surface area contributed by atoms with Gasteiger partial charge in [-0.15, -0.1) is 5.11 Å².